The highest BCUT2D eigenvalue weighted by Crippen LogP contribution is 2.25. The summed E-state index contributed by atoms with van der Waals surface area (Å²) in [7, 11) is 2.03. The highest BCUT2D eigenvalue weighted by molar-refractivity contribution is 5.92. The third kappa shape index (κ3) is 5.87. The van der Waals surface area contributed by atoms with Crippen LogP contribution in [-0.2, 0) is 24.4 Å². The molecular weight excluding hydrogens is 518 g/mol. The van der Waals surface area contributed by atoms with E-state index in [1.807, 2.05) is 37.4 Å². The minimum Gasteiger partial charge on any atom is -0.478 e. The number of nitrogens with zero attached hydrogens (tertiary/aromatic N) is 7. The number of benzene rings is 2. The van der Waals surface area contributed by atoms with Crippen molar-refractivity contribution in [1.82, 2.24) is 19.4 Å². The van der Waals surface area contributed by atoms with Crippen LogP contribution in [0.25, 0.3) is 11.0 Å². The van der Waals surface area contributed by atoms with Crippen molar-refractivity contribution in [3.8, 4) is 6.07 Å². The van der Waals surface area contributed by atoms with Gasteiger partial charge in [-0.3, -0.25) is 4.90 Å². The van der Waals surface area contributed by atoms with Gasteiger partial charge in [-0.15, -0.1) is 0 Å². The normalized spacial score (nSPS) is 17.3. The van der Waals surface area contributed by atoms with E-state index in [4.69, 9.17) is 20.0 Å². The summed E-state index contributed by atoms with van der Waals surface area (Å²) in [5.41, 5.74) is 3.72. The first-order chi connectivity index (χ1) is 20.0. The molecule has 10 heteroatoms. The number of carboxylic acids is 1. The summed E-state index contributed by atoms with van der Waals surface area (Å²) in [6.45, 7) is 6.30. The highest BCUT2D eigenvalue weighted by atomic mass is 16.5. The van der Waals surface area contributed by atoms with Crippen LogP contribution in [-0.4, -0.2) is 76.4 Å². The summed E-state index contributed by atoms with van der Waals surface area (Å²) < 4.78 is 7.85. The molecule has 210 valence electrons. The fourth-order valence-corrected chi connectivity index (χ4v) is 5.44. The monoisotopic (exact) mass is 551 g/mol. The summed E-state index contributed by atoms with van der Waals surface area (Å²) in [6, 6.07) is 21.1. The minimum atomic E-state index is -0.935. The first-order valence-corrected chi connectivity index (χ1v) is 14.0. The van der Waals surface area contributed by atoms with Crippen molar-refractivity contribution in [2.75, 3.05) is 49.6 Å². The Labute approximate surface area is 239 Å². The number of fused-ring (bicyclic) bond motifs is 1. The van der Waals surface area contributed by atoms with Crippen molar-refractivity contribution in [2.24, 2.45) is 0 Å². The maximum absolute atomic E-state index is 11.6. The number of nitriles is 1. The molecule has 2 aromatic carbocycles. The van der Waals surface area contributed by atoms with Gasteiger partial charge >= 0.3 is 5.97 Å². The molecule has 0 bridgehead atoms. The molecule has 2 aromatic heterocycles. The molecule has 4 heterocycles. The van der Waals surface area contributed by atoms with Crippen LogP contribution in [0.2, 0.25) is 0 Å². The van der Waals surface area contributed by atoms with Crippen molar-refractivity contribution < 1.29 is 14.6 Å². The van der Waals surface area contributed by atoms with Gasteiger partial charge in [0.2, 0.25) is 0 Å². The van der Waals surface area contributed by atoms with Gasteiger partial charge in [0.05, 0.1) is 47.4 Å². The zero-order valence-electron chi connectivity index (χ0n) is 23.1. The Bertz CT molecular complexity index is 1580. The number of rotatable bonds is 9. The topological polar surface area (TPSA) is 111 Å². The number of piperazine rings is 1. The number of carboxylic acid groups (broad SMARTS) is 1. The van der Waals surface area contributed by atoms with Crippen molar-refractivity contribution in [3.05, 3.63) is 83.2 Å². The molecule has 0 radical (unpaired) electrons. The Balaban J connectivity index is 1.11. The first kappa shape index (κ1) is 26.7. The van der Waals surface area contributed by atoms with E-state index in [0.29, 0.717) is 25.2 Å². The Hall–Kier alpha value is -4.46. The molecule has 41 heavy (non-hydrogen) atoms. The molecule has 10 nitrogen and oxygen atoms in total. The lowest BCUT2D eigenvalue weighted by Gasteiger charge is -2.36. The van der Waals surface area contributed by atoms with E-state index < -0.39 is 5.97 Å². The fraction of sp³-hybridized carbons (Fsp3) is 0.355. The molecule has 1 atom stereocenters. The molecule has 0 unspecified atom stereocenters. The SMILES string of the molecule is CN(Cc1ccc(C#N)cc1)c1cccc(N2CCN(Cc3nc4ccc(C(=O)O)cc4n3C[C@@H]3CCO3)CC2)n1. The van der Waals surface area contributed by atoms with E-state index in [0.717, 1.165) is 73.3 Å². The van der Waals surface area contributed by atoms with Gasteiger partial charge in [-0.05, 0) is 54.4 Å². The third-order valence-corrected chi connectivity index (χ3v) is 7.93. The lowest BCUT2D eigenvalue weighted by Crippen LogP contribution is -2.46. The van der Waals surface area contributed by atoms with E-state index in [1.54, 1.807) is 18.2 Å². The molecule has 2 aliphatic rings. The number of hydrogen-bond acceptors (Lipinski definition) is 8. The maximum Gasteiger partial charge on any atom is 0.335 e. The maximum atomic E-state index is 11.6. The number of imidazole rings is 1. The van der Waals surface area contributed by atoms with Crippen molar-refractivity contribution >= 4 is 28.6 Å². The van der Waals surface area contributed by atoms with Gasteiger partial charge in [-0.25, -0.2) is 14.8 Å². The summed E-state index contributed by atoms with van der Waals surface area (Å²) in [6.07, 6.45) is 1.15. The lowest BCUT2D eigenvalue weighted by atomic mass is 10.1. The van der Waals surface area contributed by atoms with Gasteiger partial charge in [0.1, 0.15) is 17.5 Å². The van der Waals surface area contributed by atoms with Crippen LogP contribution in [0.15, 0.2) is 60.7 Å². The number of pyridine rings is 1. The van der Waals surface area contributed by atoms with Gasteiger partial charge in [0.25, 0.3) is 0 Å². The number of carbonyl (C=O) groups is 1. The third-order valence-electron chi connectivity index (χ3n) is 7.93. The minimum absolute atomic E-state index is 0.143. The second-order valence-electron chi connectivity index (χ2n) is 10.7. The lowest BCUT2D eigenvalue weighted by molar-refractivity contribution is -0.0592. The van der Waals surface area contributed by atoms with Crippen molar-refractivity contribution in [3.63, 3.8) is 0 Å². The van der Waals surface area contributed by atoms with Gasteiger partial charge in [-0.2, -0.15) is 5.26 Å². The van der Waals surface area contributed by atoms with Crippen LogP contribution < -0.4 is 9.80 Å². The Morgan fingerprint density at radius 1 is 1.10 bits per heavy atom. The molecule has 6 rings (SSSR count). The van der Waals surface area contributed by atoms with Crippen molar-refractivity contribution in [1.29, 1.82) is 5.26 Å². The predicted octanol–water partition coefficient (Wildman–Crippen LogP) is 3.75. The highest BCUT2D eigenvalue weighted by Gasteiger charge is 2.25. The van der Waals surface area contributed by atoms with Gasteiger partial charge in [0.15, 0.2) is 0 Å². The summed E-state index contributed by atoms with van der Waals surface area (Å²) in [4.78, 5) is 28.3. The molecule has 1 N–H and O–H groups in total. The van der Waals surface area contributed by atoms with Crippen LogP contribution in [0, 0.1) is 11.3 Å². The quantitative estimate of drug-likeness (QED) is 0.332. The van der Waals surface area contributed by atoms with E-state index in [9.17, 15) is 9.90 Å². The first-order valence-electron chi connectivity index (χ1n) is 14.0. The molecule has 0 spiro atoms. The second-order valence-corrected chi connectivity index (χ2v) is 10.7. The summed E-state index contributed by atoms with van der Waals surface area (Å²) >= 11 is 0. The largest absolute Gasteiger partial charge is 0.478 e. The van der Waals surface area contributed by atoms with Crippen LogP contribution in [0.5, 0.6) is 0 Å². The zero-order valence-corrected chi connectivity index (χ0v) is 23.1. The van der Waals surface area contributed by atoms with E-state index in [-0.39, 0.29) is 11.7 Å². The molecular formula is C31H33N7O3. The fourth-order valence-electron chi connectivity index (χ4n) is 5.44. The van der Waals surface area contributed by atoms with Crippen LogP contribution in [0.4, 0.5) is 11.6 Å². The van der Waals surface area contributed by atoms with Gasteiger partial charge in [0, 0.05) is 46.4 Å². The molecule has 2 fully saturated rings. The van der Waals surface area contributed by atoms with Gasteiger partial charge < -0.3 is 24.2 Å². The Morgan fingerprint density at radius 2 is 1.88 bits per heavy atom. The number of aromatic nitrogens is 3. The van der Waals surface area contributed by atoms with Crippen LogP contribution in [0.1, 0.15) is 33.7 Å². The molecule has 0 saturated carbocycles. The number of ether oxygens (including phenoxy) is 1. The van der Waals surface area contributed by atoms with Crippen LogP contribution >= 0.6 is 0 Å². The van der Waals surface area contributed by atoms with Crippen molar-refractivity contribution in [2.45, 2.75) is 32.2 Å². The van der Waals surface area contributed by atoms with Crippen LogP contribution in [0.3, 0.4) is 0 Å². The molecule has 2 saturated heterocycles. The van der Waals surface area contributed by atoms with E-state index in [2.05, 4.69) is 37.5 Å². The summed E-state index contributed by atoms with van der Waals surface area (Å²) in [5, 5.41) is 18.5. The predicted molar refractivity (Wildman–Crippen MR) is 156 cm³/mol. The van der Waals surface area contributed by atoms with E-state index in [1.165, 1.54) is 0 Å². The number of anilines is 2. The van der Waals surface area contributed by atoms with Gasteiger partial charge in [-0.1, -0.05) is 18.2 Å². The smallest absolute Gasteiger partial charge is 0.335 e. The Kier molecular flexibility index (Phi) is 7.55. The standard InChI is InChI=1S/C31H33N7O3/c1-35(19-23-7-5-22(18-32)6-8-23)28-3-2-4-29(34-28)37-14-12-36(13-15-37)21-30-33-26-10-9-24(31(39)40)17-27(26)38(30)20-25-11-16-41-25/h2-10,17,25H,11-16,19-21H2,1H3,(H,39,40)/t25-/m0/s1. The number of hydrogen-bond donors (Lipinski definition) is 1. The second kappa shape index (κ2) is 11.6. The molecule has 2 aliphatic heterocycles. The Morgan fingerprint density at radius 3 is 2.56 bits per heavy atom. The molecule has 4 aromatic rings. The number of aromatic carboxylic acids is 1. The molecule has 0 aliphatic carbocycles. The van der Waals surface area contributed by atoms with E-state index >= 15 is 0 Å². The summed E-state index contributed by atoms with van der Waals surface area (Å²) in [5.74, 6) is 1.87. The average Bonchev–Trinajstić information content (AvgIpc) is 3.31. The average molecular weight is 552 g/mol. The molecule has 0 amide bonds. The zero-order chi connectivity index (χ0) is 28.3.